The summed E-state index contributed by atoms with van der Waals surface area (Å²) in [5, 5.41) is 15.6. The van der Waals surface area contributed by atoms with E-state index in [9.17, 15) is 9.90 Å². The molecule has 0 saturated carbocycles. The fourth-order valence-electron chi connectivity index (χ4n) is 1.98. The number of rotatable bonds is 6. The van der Waals surface area contributed by atoms with Gasteiger partial charge >= 0.3 is 6.03 Å². The lowest BCUT2D eigenvalue weighted by Crippen LogP contribution is -2.43. The third-order valence-corrected chi connectivity index (χ3v) is 3.37. The average molecular weight is 318 g/mol. The Morgan fingerprint density at radius 1 is 1.39 bits per heavy atom. The first kappa shape index (κ1) is 16.8. The van der Waals surface area contributed by atoms with Crippen molar-refractivity contribution in [1.82, 2.24) is 15.6 Å². The van der Waals surface area contributed by atoms with Gasteiger partial charge < -0.3 is 25.1 Å². The van der Waals surface area contributed by atoms with Gasteiger partial charge in [-0.3, -0.25) is 0 Å². The van der Waals surface area contributed by atoms with Gasteiger partial charge in [0.15, 0.2) is 0 Å². The fraction of sp³-hybridized carbons (Fsp3) is 0.375. The van der Waals surface area contributed by atoms with Crippen LogP contribution in [0.25, 0.3) is 0 Å². The molecule has 2 heterocycles. The Kier molecular flexibility index (Phi) is 5.23. The molecule has 0 aliphatic rings. The monoisotopic (exact) mass is 318 g/mol. The van der Waals surface area contributed by atoms with Crippen molar-refractivity contribution in [2.45, 2.75) is 19.1 Å². The highest BCUT2D eigenvalue weighted by molar-refractivity contribution is 5.73. The Bertz CT molecular complexity index is 639. The summed E-state index contributed by atoms with van der Waals surface area (Å²) in [6.07, 6.45) is 3.18. The second-order valence-electron chi connectivity index (χ2n) is 5.70. The molecule has 2 amide bonds. The third-order valence-electron chi connectivity index (χ3n) is 3.37. The first-order valence-electron chi connectivity index (χ1n) is 7.29. The second-order valence-corrected chi connectivity index (χ2v) is 5.70. The molecule has 0 fully saturated rings. The summed E-state index contributed by atoms with van der Waals surface area (Å²) in [5.74, 6) is 1.23. The average Bonchev–Trinajstić information content (AvgIpc) is 3.06. The number of hydrogen-bond acceptors (Lipinski definition) is 5. The van der Waals surface area contributed by atoms with Crippen molar-refractivity contribution in [2.24, 2.45) is 0 Å². The molecule has 2 aromatic rings. The van der Waals surface area contributed by atoms with E-state index in [1.165, 1.54) is 6.26 Å². The SMILES string of the molecule is CN(C)c1cc(CNC(=O)NCC(C)(O)c2ccco2)ccn1. The van der Waals surface area contributed by atoms with Crippen molar-refractivity contribution in [1.29, 1.82) is 0 Å². The smallest absolute Gasteiger partial charge is 0.315 e. The molecule has 0 aromatic carbocycles. The zero-order chi connectivity index (χ0) is 16.9. The number of nitrogens with one attached hydrogen (secondary N) is 2. The van der Waals surface area contributed by atoms with Crippen molar-refractivity contribution in [3.8, 4) is 0 Å². The Morgan fingerprint density at radius 3 is 2.83 bits per heavy atom. The van der Waals surface area contributed by atoms with Gasteiger partial charge in [0.1, 0.15) is 17.2 Å². The fourth-order valence-corrected chi connectivity index (χ4v) is 1.98. The molecule has 0 radical (unpaired) electrons. The molecular weight excluding hydrogens is 296 g/mol. The molecular formula is C16H22N4O3. The van der Waals surface area contributed by atoms with Gasteiger partial charge in [0.05, 0.1) is 12.8 Å². The van der Waals surface area contributed by atoms with Crippen LogP contribution in [0.4, 0.5) is 10.6 Å². The molecule has 7 heteroatoms. The summed E-state index contributed by atoms with van der Waals surface area (Å²) >= 11 is 0. The minimum atomic E-state index is -1.25. The molecule has 0 aliphatic heterocycles. The predicted molar refractivity (Wildman–Crippen MR) is 87.1 cm³/mol. The van der Waals surface area contributed by atoms with Crippen LogP contribution >= 0.6 is 0 Å². The molecule has 23 heavy (non-hydrogen) atoms. The van der Waals surface area contributed by atoms with Gasteiger partial charge in [-0.2, -0.15) is 0 Å². The zero-order valence-electron chi connectivity index (χ0n) is 13.5. The molecule has 7 nitrogen and oxygen atoms in total. The van der Waals surface area contributed by atoms with E-state index in [0.29, 0.717) is 12.3 Å². The van der Waals surface area contributed by atoms with Gasteiger partial charge in [0.2, 0.25) is 0 Å². The van der Waals surface area contributed by atoms with Crippen LogP contribution in [0.5, 0.6) is 0 Å². The zero-order valence-corrected chi connectivity index (χ0v) is 13.5. The van der Waals surface area contributed by atoms with Crippen molar-refractivity contribution >= 4 is 11.8 Å². The Morgan fingerprint density at radius 2 is 2.17 bits per heavy atom. The number of anilines is 1. The normalized spacial score (nSPS) is 13.2. The first-order valence-corrected chi connectivity index (χ1v) is 7.29. The molecule has 0 saturated heterocycles. The number of aromatic nitrogens is 1. The summed E-state index contributed by atoms with van der Waals surface area (Å²) < 4.78 is 5.16. The summed E-state index contributed by atoms with van der Waals surface area (Å²) in [7, 11) is 3.81. The van der Waals surface area contributed by atoms with Crippen LogP contribution in [-0.4, -0.2) is 36.8 Å². The maximum atomic E-state index is 11.9. The van der Waals surface area contributed by atoms with Crippen molar-refractivity contribution in [2.75, 3.05) is 25.5 Å². The number of pyridine rings is 1. The first-order chi connectivity index (χ1) is 10.9. The lowest BCUT2D eigenvalue weighted by atomic mass is 10.0. The van der Waals surface area contributed by atoms with E-state index in [1.807, 2.05) is 31.1 Å². The molecule has 2 aromatic heterocycles. The van der Waals surface area contributed by atoms with E-state index in [0.717, 1.165) is 11.4 Å². The molecule has 0 bridgehead atoms. The van der Waals surface area contributed by atoms with Gasteiger partial charge in [0.25, 0.3) is 0 Å². The van der Waals surface area contributed by atoms with Crippen LogP contribution in [0.15, 0.2) is 41.1 Å². The highest BCUT2D eigenvalue weighted by Crippen LogP contribution is 2.19. The van der Waals surface area contributed by atoms with Crippen molar-refractivity contribution in [3.05, 3.63) is 48.0 Å². The number of urea groups is 1. The number of nitrogens with zero attached hydrogens (tertiary/aromatic N) is 2. The Hall–Kier alpha value is -2.54. The molecule has 124 valence electrons. The predicted octanol–water partition coefficient (Wildman–Crippen LogP) is 1.45. The van der Waals surface area contributed by atoms with Crippen LogP contribution in [0.3, 0.4) is 0 Å². The summed E-state index contributed by atoms with van der Waals surface area (Å²) in [6, 6.07) is 6.74. The van der Waals surface area contributed by atoms with E-state index in [4.69, 9.17) is 4.42 Å². The summed E-state index contributed by atoms with van der Waals surface area (Å²) in [5.41, 5.74) is -0.313. The highest BCUT2D eigenvalue weighted by Gasteiger charge is 2.26. The summed E-state index contributed by atoms with van der Waals surface area (Å²) in [4.78, 5) is 18.0. The van der Waals surface area contributed by atoms with Crippen LogP contribution < -0.4 is 15.5 Å². The molecule has 0 aliphatic carbocycles. The quantitative estimate of drug-likeness (QED) is 0.750. The van der Waals surface area contributed by atoms with E-state index >= 15 is 0 Å². The molecule has 1 atom stereocenters. The standard InChI is InChI=1S/C16H22N4O3/c1-16(22,13-5-4-8-23-13)11-19-15(21)18-10-12-6-7-17-14(9-12)20(2)3/h4-9,22H,10-11H2,1-3H3,(H2,18,19,21). The molecule has 2 rings (SSSR count). The van der Waals surface area contributed by atoms with E-state index in [2.05, 4.69) is 15.6 Å². The number of aliphatic hydroxyl groups is 1. The van der Waals surface area contributed by atoms with Crippen LogP contribution in [0, 0.1) is 0 Å². The van der Waals surface area contributed by atoms with Crippen LogP contribution in [0.2, 0.25) is 0 Å². The van der Waals surface area contributed by atoms with Gasteiger partial charge in [-0.1, -0.05) is 0 Å². The third kappa shape index (κ3) is 4.72. The summed E-state index contributed by atoms with van der Waals surface area (Å²) in [6.45, 7) is 2.00. The molecule has 3 N–H and O–H groups in total. The Labute approximate surface area is 135 Å². The topological polar surface area (TPSA) is 90.6 Å². The van der Waals surface area contributed by atoms with Crippen molar-refractivity contribution < 1.29 is 14.3 Å². The Balaban J connectivity index is 1.82. The maximum absolute atomic E-state index is 11.9. The largest absolute Gasteiger partial charge is 0.466 e. The van der Waals surface area contributed by atoms with E-state index in [-0.39, 0.29) is 12.6 Å². The lowest BCUT2D eigenvalue weighted by Gasteiger charge is -2.21. The van der Waals surface area contributed by atoms with Crippen LogP contribution in [-0.2, 0) is 12.1 Å². The number of carbonyl (C=O) groups excluding carboxylic acids is 1. The minimum Gasteiger partial charge on any atom is -0.466 e. The highest BCUT2D eigenvalue weighted by atomic mass is 16.4. The minimum absolute atomic E-state index is 0.0473. The number of amides is 2. The van der Waals surface area contributed by atoms with E-state index in [1.54, 1.807) is 25.3 Å². The molecule has 0 spiro atoms. The van der Waals surface area contributed by atoms with Gasteiger partial charge in [-0.25, -0.2) is 9.78 Å². The van der Waals surface area contributed by atoms with E-state index < -0.39 is 5.60 Å². The van der Waals surface area contributed by atoms with Crippen molar-refractivity contribution in [3.63, 3.8) is 0 Å². The molecule has 1 unspecified atom stereocenters. The van der Waals surface area contributed by atoms with Gasteiger partial charge in [-0.15, -0.1) is 0 Å². The van der Waals surface area contributed by atoms with Gasteiger partial charge in [-0.05, 0) is 36.8 Å². The number of furan rings is 1. The maximum Gasteiger partial charge on any atom is 0.315 e. The van der Waals surface area contributed by atoms with Gasteiger partial charge in [0, 0.05) is 26.8 Å². The lowest BCUT2D eigenvalue weighted by molar-refractivity contribution is 0.0367. The number of hydrogen-bond donors (Lipinski definition) is 3. The van der Waals surface area contributed by atoms with Crippen LogP contribution in [0.1, 0.15) is 18.2 Å². The second kappa shape index (κ2) is 7.15. The number of carbonyl (C=O) groups is 1.